The topological polar surface area (TPSA) is 98.4 Å². The number of rotatable bonds is 2. The van der Waals surface area contributed by atoms with Crippen LogP contribution in [0.15, 0.2) is 18.2 Å². The van der Waals surface area contributed by atoms with Gasteiger partial charge in [-0.2, -0.15) is 0 Å². The maximum absolute atomic E-state index is 11.4. The van der Waals surface area contributed by atoms with Gasteiger partial charge in [-0.05, 0) is 37.5 Å². The van der Waals surface area contributed by atoms with Crippen molar-refractivity contribution in [1.82, 2.24) is 0 Å². The highest BCUT2D eigenvalue weighted by atomic mass is 16.1. The molecule has 1 aromatic rings. The van der Waals surface area contributed by atoms with Gasteiger partial charge in [0.25, 0.3) is 0 Å². The Hall–Kier alpha value is -1.91. The lowest BCUT2D eigenvalue weighted by molar-refractivity contribution is -0.119. The van der Waals surface area contributed by atoms with Crippen molar-refractivity contribution in [3.05, 3.63) is 18.2 Å². The number of amides is 1. The fourth-order valence-electron chi connectivity index (χ4n) is 2.28. The van der Waals surface area contributed by atoms with E-state index in [9.17, 15) is 4.79 Å². The third-order valence-corrected chi connectivity index (χ3v) is 3.23. The average molecular weight is 234 g/mol. The third-order valence-electron chi connectivity index (χ3n) is 3.23. The molecule has 2 rings (SSSR count). The molecule has 1 aromatic carbocycles. The molecule has 17 heavy (non-hydrogen) atoms. The van der Waals surface area contributed by atoms with Crippen molar-refractivity contribution >= 4 is 23.0 Å². The highest BCUT2D eigenvalue weighted by Gasteiger charge is 2.27. The fourth-order valence-corrected chi connectivity index (χ4v) is 2.28. The Morgan fingerprint density at radius 2 is 2.00 bits per heavy atom. The van der Waals surface area contributed by atoms with E-state index in [0.717, 1.165) is 31.5 Å². The van der Waals surface area contributed by atoms with E-state index in [-0.39, 0.29) is 11.9 Å². The van der Waals surface area contributed by atoms with Crippen molar-refractivity contribution in [2.75, 3.05) is 22.9 Å². The lowest BCUT2D eigenvalue weighted by atomic mass is 10.0. The molecular weight excluding hydrogens is 216 g/mol. The molecule has 0 aromatic heterocycles. The van der Waals surface area contributed by atoms with Crippen LogP contribution in [0.3, 0.4) is 0 Å². The van der Waals surface area contributed by atoms with Crippen molar-refractivity contribution in [3.63, 3.8) is 0 Å². The van der Waals surface area contributed by atoms with Crippen LogP contribution in [0.5, 0.6) is 0 Å². The van der Waals surface area contributed by atoms with E-state index in [1.807, 2.05) is 11.0 Å². The molecule has 0 spiro atoms. The van der Waals surface area contributed by atoms with Crippen LogP contribution >= 0.6 is 0 Å². The molecule has 1 fully saturated rings. The Morgan fingerprint density at radius 1 is 1.24 bits per heavy atom. The van der Waals surface area contributed by atoms with Crippen LogP contribution in [0.1, 0.15) is 19.3 Å². The number of nitrogens with two attached hydrogens (primary N) is 3. The van der Waals surface area contributed by atoms with Crippen molar-refractivity contribution in [3.8, 4) is 0 Å². The highest BCUT2D eigenvalue weighted by Crippen LogP contribution is 2.28. The van der Waals surface area contributed by atoms with E-state index < -0.39 is 0 Å². The SMILES string of the molecule is NC(=O)C1CCCCN1c1ccc(N)c(N)c1. The van der Waals surface area contributed by atoms with Crippen molar-refractivity contribution in [2.24, 2.45) is 5.73 Å². The number of anilines is 3. The minimum Gasteiger partial charge on any atom is -0.397 e. The van der Waals surface area contributed by atoms with Gasteiger partial charge in [-0.1, -0.05) is 0 Å². The molecule has 1 atom stereocenters. The van der Waals surface area contributed by atoms with E-state index in [1.54, 1.807) is 12.1 Å². The first-order valence-corrected chi connectivity index (χ1v) is 5.80. The van der Waals surface area contributed by atoms with E-state index in [2.05, 4.69) is 0 Å². The zero-order valence-electron chi connectivity index (χ0n) is 9.73. The van der Waals surface area contributed by atoms with Crippen molar-refractivity contribution in [1.29, 1.82) is 0 Å². The minimum atomic E-state index is -0.278. The minimum absolute atomic E-state index is 0.230. The summed E-state index contributed by atoms with van der Waals surface area (Å²) in [5, 5.41) is 0. The van der Waals surface area contributed by atoms with Crippen LogP contribution in [0.25, 0.3) is 0 Å². The molecule has 92 valence electrons. The molecule has 0 radical (unpaired) electrons. The number of carbonyl (C=O) groups excluding carboxylic acids is 1. The third kappa shape index (κ3) is 2.27. The van der Waals surface area contributed by atoms with Gasteiger partial charge in [0.05, 0.1) is 11.4 Å². The smallest absolute Gasteiger partial charge is 0.240 e. The Balaban J connectivity index is 2.29. The quantitative estimate of drug-likeness (QED) is 0.656. The van der Waals surface area contributed by atoms with E-state index in [0.29, 0.717) is 11.4 Å². The molecule has 1 aliphatic rings. The zero-order chi connectivity index (χ0) is 12.4. The van der Waals surface area contributed by atoms with Gasteiger partial charge >= 0.3 is 0 Å². The van der Waals surface area contributed by atoms with Crippen LogP contribution in [0.4, 0.5) is 17.1 Å². The van der Waals surface area contributed by atoms with E-state index in [4.69, 9.17) is 17.2 Å². The second-order valence-electron chi connectivity index (χ2n) is 4.42. The van der Waals surface area contributed by atoms with E-state index in [1.165, 1.54) is 0 Å². The Morgan fingerprint density at radius 3 is 2.65 bits per heavy atom. The predicted octanol–water partition coefficient (Wildman–Crippen LogP) is 0.695. The summed E-state index contributed by atoms with van der Waals surface area (Å²) in [7, 11) is 0. The van der Waals surface area contributed by atoms with Crippen LogP contribution in [0, 0.1) is 0 Å². The molecule has 0 saturated carbocycles. The molecule has 1 heterocycles. The second-order valence-corrected chi connectivity index (χ2v) is 4.42. The molecule has 1 unspecified atom stereocenters. The van der Waals surface area contributed by atoms with Gasteiger partial charge in [-0.3, -0.25) is 4.79 Å². The molecule has 1 saturated heterocycles. The van der Waals surface area contributed by atoms with Gasteiger partial charge in [-0.25, -0.2) is 0 Å². The molecule has 6 N–H and O–H groups in total. The number of carbonyl (C=O) groups is 1. The molecule has 1 aliphatic heterocycles. The summed E-state index contributed by atoms with van der Waals surface area (Å²) < 4.78 is 0. The summed E-state index contributed by atoms with van der Waals surface area (Å²) in [6.45, 7) is 0.830. The molecular formula is C12H18N4O. The number of piperidine rings is 1. The first-order chi connectivity index (χ1) is 8.09. The standard InChI is InChI=1S/C12H18N4O/c13-9-5-4-8(7-10(9)14)16-6-2-1-3-11(16)12(15)17/h4-5,7,11H,1-3,6,13-14H2,(H2,15,17). The van der Waals surface area contributed by atoms with Gasteiger partial charge in [0.1, 0.15) is 6.04 Å². The lowest BCUT2D eigenvalue weighted by Crippen LogP contribution is -2.47. The number of nitrogens with zero attached hydrogens (tertiary/aromatic N) is 1. The normalized spacial score (nSPS) is 20.2. The summed E-state index contributed by atoms with van der Waals surface area (Å²) in [6, 6.07) is 5.22. The van der Waals surface area contributed by atoms with Gasteiger partial charge in [0, 0.05) is 12.2 Å². The zero-order valence-corrected chi connectivity index (χ0v) is 9.73. The van der Waals surface area contributed by atoms with Gasteiger partial charge in [0.15, 0.2) is 0 Å². The summed E-state index contributed by atoms with van der Waals surface area (Å²) >= 11 is 0. The van der Waals surface area contributed by atoms with Crippen LogP contribution in [-0.4, -0.2) is 18.5 Å². The number of nitrogen functional groups attached to an aromatic ring is 2. The fraction of sp³-hybridized carbons (Fsp3) is 0.417. The molecule has 1 amide bonds. The number of hydrogen-bond acceptors (Lipinski definition) is 4. The second kappa shape index (κ2) is 4.53. The van der Waals surface area contributed by atoms with Gasteiger partial charge in [0.2, 0.25) is 5.91 Å². The molecule has 5 heteroatoms. The summed E-state index contributed by atoms with van der Waals surface area (Å²) in [5.41, 5.74) is 18.9. The summed E-state index contributed by atoms with van der Waals surface area (Å²) in [4.78, 5) is 13.4. The Bertz CT molecular complexity index is 433. The highest BCUT2D eigenvalue weighted by molar-refractivity contribution is 5.84. The van der Waals surface area contributed by atoms with Crippen molar-refractivity contribution < 1.29 is 4.79 Å². The number of benzene rings is 1. The lowest BCUT2D eigenvalue weighted by Gasteiger charge is -2.35. The molecule has 0 bridgehead atoms. The molecule has 0 aliphatic carbocycles. The number of hydrogen-bond donors (Lipinski definition) is 3. The first kappa shape index (κ1) is 11.6. The van der Waals surface area contributed by atoms with Gasteiger partial charge in [-0.15, -0.1) is 0 Å². The van der Waals surface area contributed by atoms with E-state index >= 15 is 0 Å². The van der Waals surface area contributed by atoms with Gasteiger partial charge < -0.3 is 22.1 Å². The van der Waals surface area contributed by atoms with Crippen LogP contribution in [-0.2, 0) is 4.79 Å². The maximum Gasteiger partial charge on any atom is 0.240 e. The monoisotopic (exact) mass is 234 g/mol. The average Bonchev–Trinajstić information content (AvgIpc) is 2.32. The van der Waals surface area contributed by atoms with Crippen molar-refractivity contribution in [2.45, 2.75) is 25.3 Å². The largest absolute Gasteiger partial charge is 0.397 e. The van der Waals surface area contributed by atoms with Crippen LogP contribution in [0.2, 0.25) is 0 Å². The van der Waals surface area contributed by atoms with Crippen LogP contribution < -0.4 is 22.1 Å². The Kier molecular flexibility index (Phi) is 3.08. The predicted molar refractivity (Wildman–Crippen MR) is 69.4 cm³/mol. The summed E-state index contributed by atoms with van der Waals surface area (Å²) in [5.74, 6) is -0.278. The Labute approximate surface area is 101 Å². The maximum atomic E-state index is 11.4. The molecule has 5 nitrogen and oxygen atoms in total. The first-order valence-electron chi connectivity index (χ1n) is 5.80. The number of primary amides is 1. The summed E-state index contributed by atoms with van der Waals surface area (Å²) in [6.07, 6.45) is 2.90.